The lowest BCUT2D eigenvalue weighted by Crippen LogP contribution is -2.04. The molecule has 14 heavy (non-hydrogen) atoms. The summed E-state index contributed by atoms with van der Waals surface area (Å²) in [6.07, 6.45) is 3.41. The van der Waals surface area contributed by atoms with Gasteiger partial charge >= 0.3 is 5.97 Å². The highest BCUT2D eigenvalue weighted by Gasteiger charge is 2.11. The van der Waals surface area contributed by atoms with Gasteiger partial charge in [0.15, 0.2) is 0 Å². The molecule has 0 fully saturated rings. The third kappa shape index (κ3) is 2.60. The van der Waals surface area contributed by atoms with Gasteiger partial charge in [-0.15, -0.1) is 18.3 Å². The molecular formula is C10H11NO2S. The van der Waals surface area contributed by atoms with E-state index in [9.17, 15) is 4.79 Å². The molecule has 3 nitrogen and oxygen atoms in total. The summed E-state index contributed by atoms with van der Waals surface area (Å²) in [5, 5.41) is 0.680. The van der Waals surface area contributed by atoms with Crippen LogP contribution >= 0.6 is 11.8 Å². The molecule has 0 N–H and O–H groups in total. The van der Waals surface area contributed by atoms with Gasteiger partial charge in [0.1, 0.15) is 5.03 Å². The topological polar surface area (TPSA) is 39.2 Å². The molecule has 0 radical (unpaired) electrons. The number of carbonyl (C=O) groups is 1. The molecule has 0 aromatic carbocycles. The Morgan fingerprint density at radius 1 is 1.79 bits per heavy atom. The Morgan fingerprint density at radius 2 is 2.57 bits per heavy atom. The Hall–Kier alpha value is -1.29. The van der Waals surface area contributed by atoms with Gasteiger partial charge in [0.2, 0.25) is 0 Å². The summed E-state index contributed by atoms with van der Waals surface area (Å²) >= 11 is 1.46. The van der Waals surface area contributed by atoms with Gasteiger partial charge in [-0.05, 0) is 12.1 Å². The molecule has 0 unspecified atom stereocenters. The molecule has 0 spiro atoms. The molecule has 0 saturated heterocycles. The molecule has 0 aliphatic carbocycles. The Kier molecular flexibility index (Phi) is 4.19. The van der Waals surface area contributed by atoms with Crippen LogP contribution < -0.4 is 0 Å². The number of pyridine rings is 1. The predicted octanol–water partition coefficient (Wildman–Crippen LogP) is 2.15. The molecule has 1 heterocycles. The van der Waals surface area contributed by atoms with Crippen LogP contribution in [0.1, 0.15) is 10.4 Å². The SMILES string of the molecule is C=CCSc1ncccc1C(=O)OC. The van der Waals surface area contributed by atoms with E-state index in [0.717, 1.165) is 5.75 Å². The molecule has 0 saturated carbocycles. The van der Waals surface area contributed by atoms with Crippen LogP contribution in [-0.4, -0.2) is 23.8 Å². The molecule has 1 rings (SSSR count). The van der Waals surface area contributed by atoms with Gasteiger partial charge in [0.05, 0.1) is 12.7 Å². The number of rotatable bonds is 4. The second kappa shape index (κ2) is 5.44. The number of methoxy groups -OCH3 is 1. The maximum Gasteiger partial charge on any atom is 0.340 e. The van der Waals surface area contributed by atoms with Crippen molar-refractivity contribution in [1.82, 2.24) is 4.98 Å². The van der Waals surface area contributed by atoms with Crippen molar-refractivity contribution in [2.75, 3.05) is 12.9 Å². The highest BCUT2D eigenvalue weighted by Crippen LogP contribution is 2.20. The van der Waals surface area contributed by atoms with Crippen LogP contribution in [0.5, 0.6) is 0 Å². The van der Waals surface area contributed by atoms with Crippen LogP contribution in [0.3, 0.4) is 0 Å². The third-order valence-electron chi connectivity index (χ3n) is 1.51. The smallest absolute Gasteiger partial charge is 0.340 e. The molecule has 0 bridgehead atoms. The standard InChI is InChI=1S/C10H11NO2S/c1-3-7-14-9-8(10(12)13-2)5-4-6-11-9/h3-6H,1,7H2,2H3. The average Bonchev–Trinajstić information content (AvgIpc) is 2.25. The van der Waals surface area contributed by atoms with Crippen molar-refractivity contribution < 1.29 is 9.53 Å². The summed E-state index contributed by atoms with van der Waals surface area (Å²) in [6, 6.07) is 3.41. The van der Waals surface area contributed by atoms with Gasteiger partial charge in [0.25, 0.3) is 0 Å². The Balaban J connectivity index is 2.90. The first-order valence-electron chi connectivity index (χ1n) is 4.06. The molecule has 4 heteroatoms. The summed E-state index contributed by atoms with van der Waals surface area (Å²) < 4.78 is 4.64. The zero-order valence-electron chi connectivity index (χ0n) is 7.90. The van der Waals surface area contributed by atoms with E-state index in [0.29, 0.717) is 10.6 Å². The van der Waals surface area contributed by atoms with Gasteiger partial charge in [-0.2, -0.15) is 0 Å². The molecule has 0 atom stereocenters. The zero-order chi connectivity index (χ0) is 10.4. The summed E-state index contributed by atoms with van der Waals surface area (Å²) in [5.74, 6) is 0.366. The lowest BCUT2D eigenvalue weighted by molar-refractivity contribution is 0.0596. The van der Waals surface area contributed by atoms with Gasteiger partial charge < -0.3 is 4.74 Å². The second-order valence-corrected chi connectivity index (χ2v) is 3.46. The number of aromatic nitrogens is 1. The van der Waals surface area contributed by atoms with Gasteiger partial charge in [-0.3, -0.25) is 0 Å². The quantitative estimate of drug-likeness (QED) is 0.432. The van der Waals surface area contributed by atoms with E-state index in [1.165, 1.54) is 18.9 Å². The lowest BCUT2D eigenvalue weighted by atomic mass is 10.3. The van der Waals surface area contributed by atoms with Crippen LogP contribution in [0.2, 0.25) is 0 Å². The monoisotopic (exact) mass is 209 g/mol. The third-order valence-corrected chi connectivity index (χ3v) is 2.52. The van der Waals surface area contributed by atoms with Crippen LogP contribution in [0, 0.1) is 0 Å². The molecule has 0 aliphatic heterocycles. The minimum absolute atomic E-state index is 0.357. The second-order valence-electron chi connectivity index (χ2n) is 2.45. The largest absolute Gasteiger partial charge is 0.465 e. The van der Waals surface area contributed by atoms with E-state index < -0.39 is 0 Å². The van der Waals surface area contributed by atoms with E-state index in [1.54, 1.807) is 24.4 Å². The molecule has 1 aromatic rings. The summed E-state index contributed by atoms with van der Waals surface area (Å²) in [5.41, 5.74) is 0.502. The highest BCUT2D eigenvalue weighted by molar-refractivity contribution is 7.99. The zero-order valence-corrected chi connectivity index (χ0v) is 8.71. The number of nitrogens with zero attached hydrogens (tertiary/aromatic N) is 1. The fraction of sp³-hybridized carbons (Fsp3) is 0.200. The maximum atomic E-state index is 11.3. The van der Waals surface area contributed by atoms with Crippen molar-refractivity contribution >= 4 is 17.7 Å². The Bertz CT molecular complexity index is 339. The van der Waals surface area contributed by atoms with Crippen molar-refractivity contribution in [1.29, 1.82) is 0 Å². The Morgan fingerprint density at radius 3 is 3.21 bits per heavy atom. The van der Waals surface area contributed by atoms with E-state index in [2.05, 4.69) is 16.3 Å². The number of ether oxygens (including phenoxy) is 1. The summed E-state index contributed by atoms with van der Waals surface area (Å²) in [4.78, 5) is 15.4. The van der Waals surface area contributed by atoms with E-state index in [1.807, 2.05) is 0 Å². The fourth-order valence-corrected chi connectivity index (χ4v) is 1.63. The highest BCUT2D eigenvalue weighted by atomic mass is 32.2. The van der Waals surface area contributed by atoms with Crippen LogP contribution in [0.25, 0.3) is 0 Å². The first-order valence-corrected chi connectivity index (χ1v) is 5.05. The maximum absolute atomic E-state index is 11.3. The minimum Gasteiger partial charge on any atom is -0.465 e. The first kappa shape index (κ1) is 10.8. The number of hydrogen-bond donors (Lipinski definition) is 0. The number of esters is 1. The van der Waals surface area contributed by atoms with Crippen molar-refractivity contribution in [2.24, 2.45) is 0 Å². The molecule has 0 aliphatic rings. The minimum atomic E-state index is -0.357. The van der Waals surface area contributed by atoms with Crippen molar-refractivity contribution in [3.8, 4) is 0 Å². The van der Waals surface area contributed by atoms with Crippen molar-refractivity contribution in [3.05, 3.63) is 36.5 Å². The summed E-state index contributed by atoms with van der Waals surface area (Å²) in [7, 11) is 1.36. The van der Waals surface area contributed by atoms with E-state index >= 15 is 0 Å². The van der Waals surface area contributed by atoms with Gasteiger partial charge in [0, 0.05) is 11.9 Å². The molecule has 0 amide bonds. The normalized spacial score (nSPS) is 9.50. The van der Waals surface area contributed by atoms with Crippen molar-refractivity contribution in [3.63, 3.8) is 0 Å². The average molecular weight is 209 g/mol. The first-order chi connectivity index (χ1) is 6.79. The predicted molar refractivity (Wildman–Crippen MR) is 56.5 cm³/mol. The Labute approximate surface area is 87.2 Å². The van der Waals surface area contributed by atoms with E-state index in [-0.39, 0.29) is 5.97 Å². The molecule has 74 valence electrons. The van der Waals surface area contributed by atoms with E-state index in [4.69, 9.17) is 0 Å². The van der Waals surface area contributed by atoms with Crippen molar-refractivity contribution in [2.45, 2.75) is 5.03 Å². The summed E-state index contributed by atoms with van der Waals surface area (Å²) in [6.45, 7) is 3.61. The number of thioether (sulfide) groups is 1. The lowest BCUT2D eigenvalue weighted by Gasteiger charge is -2.03. The number of carbonyl (C=O) groups excluding carboxylic acids is 1. The molecular weight excluding hydrogens is 198 g/mol. The van der Waals surface area contributed by atoms with Gasteiger partial charge in [-0.1, -0.05) is 6.08 Å². The fourth-order valence-electron chi connectivity index (χ4n) is 0.909. The van der Waals surface area contributed by atoms with Crippen LogP contribution in [0.4, 0.5) is 0 Å². The van der Waals surface area contributed by atoms with Crippen LogP contribution in [-0.2, 0) is 4.74 Å². The molecule has 1 aromatic heterocycles. The van der Waals surface area contributed by atoms with Crippen LogP contribution in [0.15, 0.2) is 36.0 Å². The number of hydrogen-bond acceptors (Lipinski definition) is 4. The van der Waals surface area contributed by atoms with Gasteiger partial charge in [-0.25, -0.2) is 9.78 Å².